The number of aryl methyl sites for hydroxylation is 2. The molecule has 0 aliphatic heterocycles. The lowest BCUT2D eigenvalue weighted by molar-refractivity contribution is 0.282. The molecule has 1 heterocycles. The van der Waals surface area contributed by atoms with Gasteiger partial charge in [0.2, 0.25) is 0 Å². The quantitative estimate of drug-likeness (QED) is 0.847. The van der Waals surface area contributed by atoms with Crippen LogP contribution in [0.4, 0.5) is 0 Å². The normalized spacial score (nSPS) is 10.5. The third-order valence-corrected chi connectivity index (χ3v) is 2.72. The lowest BCUT2D eigenvalue weighted by Crippen LogP contribution is -2.21. The lowest BCUT2D eigenvalue weighted by Gasteiger charge is -2.10. The molecule has 0 saturated heterocycles. The highest BCUT2D eigenvalue weighted by Gasteiger charge is 2.05. The second-order valence-corrected chi connectivity index (χ2v) is 3.97. The highest BCUT2D eigenvalue weighted by Crippen LogP contribution is 2.14. The van der Waals surface area contributed by atoms with E-state index in [1.54, 1.807) is 23.9 Å². The first kappa shape index (κ1) is 11.5. The third-order valence-electron chi connectivity index (χ3n) is 2.72. The van der Waals surface area contributed by atoms with Crippen molar-refractivity contribution in [2.24, 2.45) is 0 Å². The topological polar surface area (TPSA) is 55.1 Å². The maximum absolute atomic E-state index is 11.9. The Bertz CT molecular complexity index is 603. The maximum atomic E-state index is 11.9. The standard InChI is InChI=1S/C13H14N2O2/c1-9-7-11(8-16)3-4-12(9)15-6-5-14-10(2)13(15)17/h3-7,16H,8H2,1-2H3. The van der Waals surface area contributed by atoms with Crippen molar-refractivity contribution in [3.63, 3.8) is 0 Å². The summed E-state index contributed by atoms with van der Waals surface area (Å²) >= 11 is 0. The molecule has 1 aromatic carbocycles. The minimum atomic E-state index is -0.118. The van der Waals surface area contributed by atoms with Crippen LogP contribution in [-0.4, -0.2) is 14.7 Å². The summed E-state index contributed by atoms with van der Waals surface area (Å²) < 4.78 is 1.57. The van der Waals surface area contributed by atoms with Crippen LogP contribution in [0, 0.1) is 13.8 Å². The molecule has 0 amide bonds. The summed E-state index contributed by atoms with van der Waals surface area (Å²) in [7, 11) is 0. The summed E-state index contributed by atoms with van der Waals surface area (Å²) in [6.45, 7) is 3.61. The van der Waals surface area contributed by atoms with E-state index in [4.69, 9.17) is 5.11 Å². The minimum Gasteiger partial charge on any atom is -0.392 e. The Labute approximate surface area is 99.2 Å². The zero-order valence-electron chi connectivity index (χ0n) is 9.84. The molecule has 0 spiro atoms. The van der Waals surface area contributed by atoms with Crippen molar-refractivity contribution in [3.8, 4) is 5.69 Å². The molecule has 1 aromatic heterocycles. The highest BCUT2D eigenvalue weighted by atomic mass is 16.3. The van der Waals surface area contributed by atoms with E-state index in [1.807, 2.05) is 25.1 Å². The molecule has 4 nitrogen and oxygen atoms in total. The third kappa shape index (κ3) is 2.12. The fraction of sp³-hybridized carbons (Fsp3) is 0.231. The number of hydrogen-bond acceptors (Lipinski definition) is 3. The second kappa shape index (κ2) is 4.51. The Hall–Kier alpha value is -1.94. The summed E-state index contributed by atoms with van der Waals surface area (Å²) in [5.41, 5.74) is 2.96. The Morgan fingerprint density at radius 1 is 1.35 bits per heavy atom. The number of benzene rings is 1. The van der Waals surface area contributed by atoms with Gasteiger partial charge in [0.15, 0.2) is 0 Å². The summed E-state index contributed by atoms with van der Waals surface area (Å²) in [6, 6.07) is 5.52. The van der Waals surface area contributed by atoms with Gasteiger partial charge in [-0.25, -0.2) is 0 Å². The van der Waals surface area contributed by atoms with E-state index in [2.05, 4.69) is 4.98 Å². The molecule has 0 aliphatic rings. The van der Waals surface area contributed by atoms with Crippen LogP contribution in [0.5, 0.6) is 0 Å². The van der Waals surface area contributed by atoms with E-state index in [0.29, 0.717) is 5.69 Å². The van der Waals surface area contributed by atoms with Crippen molar-refractivity contribution in [2.45, 2.75) is 20.5 Å². The van der Waals surface area contributed by atoms with Gasteiger partial charge in [0.1, 0.15) is 5.69 Å². The SMILES string of the molecule is Cc1cc(CO)ccc1-n1ccnc(C)c1=O. The Balaban J connectivity index is 2.61. The van der Waals surface area contributed by atoms with Crippen LogP contribution in [0.2, 0.25) is 0 Å². The maximum Gasteiger partial charge on any atom is 0.276 e. The molecule has 0 radical (unpaired) electrons. The van der Waals surface area contributed by atoms with Gasteiger partial charge in [0.05, 0.1) is 12.3 Å². The first-order valence-electron chi connectivity index (χ1n) is 5.38. The molecule has 2 aromatic rings. The van der Waals surface area contributed by atoms with E-state index in [-0.39, 0.29) is 12.2 Å². The van der Waals surface area contributed by atoms with Crippen LogP contribution in [0.3, 0.4) is 0 Å². The van der Waals surface area contributed by atoms with Crippen LogP contribution in [0.1, 0.15) is 16.8 Å². The average molecular weight is 230 g/mol. The van der Waals surface area contributed by atoms with Crippen molar-refractivity contribution < 1.29 is 5.11 Å². The summed E-state index contributed by atoms with van der Waals surface area (Å²) in [6.07, 6.45) is 3.26. The van der Waals surface area contributed by atoms with Crippen LogP contribution in [-0.2, 0) is 6.61 Å². The van der Waals surface area contributed by atoms with Gasteiger partial charge in [0, 0.05) is 12.4 Å². The van der Waals surface area contributed by atoms with E-state index in [9.17, 15) is 4.79 Å². The lowest BCUT2D eigenvalue weighted by atomic mass is 10.1. The smallest absolute Gasteiger partial charge is 0.276 e. The highest BCUT2D eigenvalue weighted by molar-refractivity contribution is 5.42. The Kier molecular flexibility index (Phi) is 3.06. The molecule has 17 heavy (non-hydrogen) atoms. The molecular weight excluding hydrogens is 216 g/mol. The van der Waals surface area contributed by atoms with Gasteiger partial charge in [0.25, 0.3) is 5.56 Å². The number of aliphatic hydroxyl groups is 1. The van der Waals surface area contributed by atoms with Crippen molar-refractivity contribution in [3.05, 3.63) is 57.8 Å². The summed E-state index contributed by atoms with van der Waals surface area (Å²) in [5.74, 6) is 0. The molecule has 2 rings (SSSR count). The second-order valence-electron chi connectivity index (χ2n) is 3.97. The molecule has 4 heteroatoms. The van der Waals surface area contributed by atoms with Gasteiger partial charge < -0.3 is 5.11 Å². The Morgan fingerprint density at radius 2 is 2.12 bits per heavy atom. The molecule has 0 unspecified atom stereocenters. The van der Waals surface area contributed by atoms with Crippen LogP contribution < -0.4 is 5.56 Å². The molecule has 88 valence electrons. The monoisotopic (exact) mass is 230 g/mol. The summed E-state index contributed by atoms with van der Waals surface area (Å²) in [4.78, 5) is 15.9. The molecule has 0 fully saturated rings. The van der Waals surface area contributed by atoms with Gasteiger partial charge in [-0.1, -0.05) is 12.1 Å². The molecule has 0 bridgehead atoms. The largest absolute Gasteiger partial charge is 0.392 e. The van der Waals surface area contributed by atoms with E-state index >= 15 is 0 Å². The fourth-order valence-electron chi connectivity index (χ4n) is 1.78. The predicted octanol–water partition coefficient (Wildman–Crippen LogP) is 1.34. The number of aromatic nitrogens is 2. The molecular formula is C13H14N2O2. The Morgan fingerprint density at radius 3 is 2.76 bits per heavy atom. The number of aliphatic hydroxyl groups excluding tert-OH is 1. The predicted molar refractivity (Wildman–Crippen MR) is 65.2 cm³/mol. The first-order chi connectivity index (χ1) is 8.13. The number of nitrogens with zero attached hydrogens (tertiary/aromatic N) is 2. The van der Waals surface area contributed by atoms with Gasteiger partial charge in [-0.15, -0.1) is 0 Å². The summed E-state index contributed by atoms with van der Waals surface area (Å²) in [5, 5.41) is 9.04. The van der Waals surface area contributed by atoms with Crippen molar-refractivity contribution in [1.82, 2.24) is 9.55 Å². The minimum absolute atomic E-state index is 0.00535. The van der Waals surface area contributed by atoms with Gasteiger partial charge >= 0.3 is 0 Å². The number of hydrogen-bond donors (Lipinski definition) is 1. The van der Waals surface area contributed by atoms with Crippen molar-refractivity contribution in [1.29, 1.82) is 0 Å². The van der Waals surface area contributed by atoms with Gasteiger partial charge in [-0.3, -0.25) is 14.3 Å². The molecule has 0 atom stereocenters. The average Bonchev–Trinajstić information content (AvgIpc) is 2.33. The fourth-order valence-corrected chi connectivity index (χ4v) is 1.78. The van der Waals surface area contributed by atoms with Gasteiger partial charge in [-0.2, -0.15) is 0 Å². The van der Waals surface area contributed by atoms with Crippen LogP contribution >= 0.6 is 0 Å². The van der Waals surface area contributed by atoms with Crippen molar-refractivity contribution >= 4 is 0 Å². The van der Waals surface area contributed by atoms with Crippen LogP contribution in [0.25, 0.3) is 5.69 Å². The molecule has 0 saturated carbocycles. The van der Waals surface area contributed by atoms with E-state index < -0.39 is 0 Å². The molecule has 1 N–H and O–H groups in total. The van der Waals surface area contributed by atoms with E-state index in [1.165, 1.54) is 0 Å². The first-order valence-corrected chi connectivity index (χ1v) is 5.38. The van der Waals surface area contributed by atoms with Gasteiger partial charge in [-0.05, 0) is 31.0 Å². The zero-order chi connectivity index (χ0) is 12.4. The zero-order valence-corrected chi connectivity index (χ0v) is 9.84. The molecule has 0 aliphatic carbocycles. The van der Waals surface area contributed by atoms with Crippen LogP contribution in [0.15, 0.2) is 35.4 Å². The van der Waals surface area contributed by atoms with E-state index in [0.717, 1.165) is 16.8 Å². The number of rotatable bonds is 2. The van der Waals surface area contributed by atoms with Crippen molar-refractivity contribution in [2.75, 3.05) is 0 Å².